The summed E-state index contributed by atoms with van der Waals surface area (Å²) in [6, 6.07) is 3.55. The third-order valence-corrected chi connectivity index (χ3v) is 1.80. The molecular formula is C9H13NO2. The van der Waals surface area contributed by atoms with Crippen LogP contribution in [0.3, 0.4) is 0 Å². The molecule has 0 bridgehead atoms. The summed E-state index contributed by atoms with van der Waals surface area (Å²) < 4.78 is 0. The van der Waals surface area contributed by atoms with E-state index in [2.05, 4.69) is 4.98 Å². The summed E-state index contributed by atoms with van der Waals surface area (Å²) in [5.74, 6) is -1.58. The van der Waals surface area contributed by atoms with Crippen molar-refractivity contribution in [3.8, 4) is 0 Å². The van der Waals surface area contributed by atoms with Crippen molar-refractivity contribution in [2.75, 3.05) is 0 Å². The third-order valence-electron chi connectivity index (χ3n) is 1.80. The van der Waals surface area contributed by atoms with Crippen molar-refractivity contribution in [1.82, 2.24) is 4.98 Å². The number of pyridine rings is 1. The van der Waals surface area contributed by atoms with E-state index in [-0.39, 0.29) is 6.42 Å². The Kier molecular flexibility index (Phi) is 2.78. The van der Waals surface area contributed by atoms with E-state index in [4.69, 9.17) is 0 Å². The Labute approximate surface area is 71.7 Å². The van der Waals surface area contributed by atoms with Crippen LogP contribution < -0.4 is 0 Å². The average molecular weight is 167 g/mol. The number of nitrogens with zero attached hydrogens (tertiary/aromatic N) is 1. The molecule has 0 saturated heterocycles. The summed E-state index contributed by atoms with van der Waals surface area (Å²) in [7, 11) is 0. The van der Waals surface area contributed by atoms with Gasteiger partial charge in [-0.3, -0.25) is 4.98 Å². The molecule has 1 aromatic heterocycles. The van der Waals surface area contributed by atoms with Gasteiger partial charge in [0.15, 0.2) is 5.79 Å². The summed E-state index contributed by atoms with van der Waals surface area (Å²) >= 11 is 0. The van der Waals surface area contributed by atoms with Gasteiger partial charge < -0.3 is 10.2 Å². The van der Waals surface area contributed by atoms with Crippen LogP contribution in [0.25, 0.3) is 0 Å². The summed E-state index contributed by atoms with van der Waals surface area (Å²) in [5, 5.41) is 18.6. The molecule has 66 valence electrons. The number of aromatic nitrogens is 1. The van der Waals surface area contributed by atoms with E-state index in [1.54, 1.807) is 31.5 Å². The Morgan fingerprint density at radius 3 is 2.42 bits per heavy atom. The van der Waals surface area contributed by atoms with E-state index in [0.717, 1.165) is 5.56 Å². The number of hydrogen-bond donors (Lipinski definition) is 2. The first-order valence-corrected chi connectivity index (χ1v) is 3.98. The maximum atomic E-state index is 9.31. The van der Waals surface area contributed by atoms with Crippen molar-refractivity contribution in [3.63, 3.8) is 0 Å². The second kappa shape index (κ2) is 3.65. The van der Waals surface area contributed by atoms with Crippen LogP contribution in [0.5, 0.6) is 0 Å². The molecule has 1 rings (SSSR count). The van der Waals surface area contributed by atoms with Gasteiger partial charge in [0.25, 0.3) is 0 Å². The molecule has 0 saturated carbocycles. The van der Waals surface area contributed by atoms with Gasteiger partial charge in [-0.2, -0.15) is 0 Å². The molecule has 0 fully saturated rings. The lowest BCUT2D eigenvalue weighted by Crippen LogP contribution is -2.29. The second-order valence-electron chi connectivity index (χ2n) is 2.87. The highest BCUT2D eigenvalue weighted by molar-refractivity contribution is 5.11. The van der Waals surface area contributed by atoms with Gasteiger partial charge in [-0.05, 0) is 24.1 Å². The van der Waals surface area contributed by atoms with Gasteiger partial charge in [0.2, 0.25) is 0 Å². The fourth-order valence-electron chi connectivity index (χ4n) is 0.953. The fraction of sp³-hybridized carbons (Fsp3) is 0.444. The lowest BCUT2D eigenvalue weighted by Gasteiger charge is -2.19. The van der Waals surface area contributed by atoms with Gasteiger partial charge in [-0.25, -0.2) is 0 Å². The highest BCUT2D eigenvalue weighted by Gasteiger charge is 2.19. The summed E-state index contributed by atoms with van der Waals surface area (Å²) in [6.45, 7) is 1.74. The van der Waals surface area contributed by atoms with Gasteiger partial charge in [0.1, 0.15) is 0 Å². The van der Waals surface area contributed by atoms with Crippen LogP contribution in [-0.2, 0) is 6.42 Å². The van der Waals surface area contributed by atoms with Gasteiger partial charge in [0.05, 0.1) is 0 Å². The Morgan fingerprint density at radius 1 is 1.33 bits per heavy atom. The molecule has 0 radical (unpaired) electrons. The summed E-state index contributed by atoms with van der Waals surface area (Å²) in [5.41, 5.74) is 0.886. The van der Waals surface area contributed by atoms with E-state index in [0.29, 0.717) is 6.42 Å². The van der Waals surface area contributed by atoms with Crippen LogP contribution in [0.1, 0.15) is 18.9 Å². The maximum Gasteiger partial charge on any atom is 0.166 e. The zero-order chi connectivity index (χ0) is 9.03. The normalized spacial score (nSPS) is 11.6. The molecule has 3 heteroatoms. The lowest BCUT2D eigenvalue weighted by atomic mass is 10.0. The van der Waals surface area contributed by atoms with E-state index in [1.165, 1.54) is 0 Å². The molecule has 0 aliphatic rings. The highest BCUT2D eigenvalue weighted by atomic mass is 16.5. The molecule has 0 amide bonds. The molecule has 12 heavy (non-hydrogen) atoms. The Hall–Kier alpha value is -0.930. The molecule has 0 atom stereocenters. The predicted molar refractivity (Wildman–Crippen MR) is 45.4 cm³/mol. The smallest absolute Gasteiger partial charge is 0.166 e. The van der Waals surface area contributed by atoms with Gasteiger partial charge in [-0.15, -0.1) is 0 Å². The van der Waals surface area contributed by atoms with Crippen molar-refractivity contribution >= 4 is 0 Å². The van der Waals surface area contributed by atoms with Gasteiger partial charge in [-0.1, -0.05) is 6.92 Å². The summed E-state index contributed by atoms with van der Waals surface area (Å²) in [6.07, 6.45) is 3.86. The fourth-order valence-corrected chi connectivity index (χ4v) is 0.953. The predicted octanol–water partition coefficient (Wildman–Crippen LogP) is 0.715. The first-order chi connectivity index (χ1) is 5.64. The molecule has 0 aliphatic heterocycles. The van der Waals surface area contributed by atoms with E-state index in [9.17, 15) is 10.2 Å². The molecule has 0 aliphatic carbocycles. The molecule has 2 N–H and O–H groups in total. The summed E-state index contributed by atoms with van der Waals surface area (Å²) in [4.78, 5) is 3.84. The Morgan fingerprint density at radius 2 is 1.92 bits per heavy atom. The minimum atomic E-state index is -1.58. The molecule has 1 heterocycles. The minimum absolute atomic E-state index is 0.256. The van der Waals surface area contributed by atoms with Crippen molar-refractivity contribution in [2.24, 2.45) is 0 Å². The second-order valence-corrected chi connectivity index (χ2v) is 2.87. The molecule has 0 aromatic carbocycles. The SMILES string of the molecule is CCC(O)(O)Cc1ccncc1. The first-order valence-electron chi connectivity index (χ1n) is 3.98. The van der Waals surface area contributed by atoms with E-state index >= 15 is 0 Å². The van der Waals surface area contributed by atoms with Crippen LogP contribution in [-0.4, -0.2) is 21.0 Å². The first kappa shape index (κ1) is 9.16. The van der Waals surface area contributed by atoms with Gasteiger partial charge >= 0.3 is 0 Å². The van der Waals surface area contributed by atoms with Gasteiger partial charge in [0, 0.05) is 18.8 Å². The van der Waals surface area contributed by atoms with Crippen LogP contribution in [0, 0.1) is 0 Å². The topological polar surface area (TPSA) is 53.4 Å². The highest BCUT2D eigenvalue weighted by Crippen LogP contribution is 2.12. The van der Waals surface area contributed by atoms with Crippen molar-refractivity contribution < 1.29 is 10.2 Å². The standard InChI is InChI=1S/C9H13NO2/c1-2-9(11,12)7-8-3-5-10-6-4-8/h3-6,11-12H,2,7H2,1H3. The zero-order valence-corrected chi connectivity index (χ0v) is 7.07. The van der Waals surface area contributed by atoms with Crippen LogP contribution in [0.2, 0.25) is 0 Å². The number of hydrogen-bond acceptors (Lipinski definition) is 3. The largest absolute Gasteiger partial charge is 0.365 e. The Balaban J connectivity index is 2.64. The molecule has 1 aromatic rings. The van der Waals surface area contributed by atoms with Crippen molar-refractivity contribution in [2.45, 2.75) is 25.6 Å². The maximum absolute atomic E-state index is 9.31. The van der Waals surface area contributed by atoms with Crippen molar-refractivity contribution in [3.05, 3.63) is 30.1 Å². The quantitative estimate of drug-likeness (QED) is 0.652. The van der Waals surface area contributed by atoms with E-state index in [1.807, 2.05) is 0 Å². The molecule has 3 nitrogen and oxygen atoms in total. The Bertz CT molecular complexity index is 234. The molecule has 0 spiro atoms. The minimum Gasteiger partial charge on any atom is -0.365 e. The molecular weight excluding hydrogens is 154 g/mol. The number of rotatable bonds is 3. The lowest BCUT2D eigenvalue weighted by molar-refractivity contribution is -0.160. The molecule has 0 unspecified atom stereocenters. The van der Waals surface area contributed by atoms with Crippen molar-refractivity contribution in [1.29, 1.82) is 0 Å². The van der Waals surface area contributed by atoms with Crippen LogP contribution in [0.15, 0.2) is 24.5 Å². The number of aliphatic hydroxyl groups is 2. The average Bonchev–Trinajstić information content (AvgIpc) is 2.06. The monoisotopic (exact) mass is 167 g/mol. The zero-order valence-electron chi connectivity index (χ0n) is 7.07. The van der Waals surface area contributed by atoms with Crippen LogP contribution in [0.4, 0.5) is 0 Å². The van der Waals surface area contributed by atoms with Crippen LogP contribution >= 0.6 is 0 Å². The van der Waals surface area contributed by atoms with E-state index < -0.39 is 5.79 Å². The third kappa shape index (κ3) is 2.60.